The third kappa shape index (κ3) is 12.3. The number of rotatable bonds is 16. The number of methoxy groups -OCH3 is 1. The molecular weight excluding hydrogens is 743 g/mol. The fourth-order valence-corrected chi connectivity index (χ4v) is 5.62. The molecule has 1 aliphatic rings. The van der Waals surface area contributed by atoms with E-state index < -0.39 is 36.5 Å². The van der Waals surface area contributed by atoms with Gasteiger partial charge in [0.15, 0.2) is 24.0 Å². The van der Waals surface area contributed by atoms with Crippen LogP contribution in [-0.4, -0.2) is 88.2 Å². The number of carbonyl (C=O) groups excluding carboxylic acids is 3. The normalized spacial score (nSPS) is 13.5. The first-order chi connectivity index (χ1) is 27.3. The number of nitrogens with one attached hydrogen (secondary N) is 3. The number of alkyl carbamates (subject to hydrolysis) is 1. The molecule has 2 aromatic carbocycles. The van der Waals surface area contributed by atoms with Gasteiger partial charge < -0.3 is 33.7 Å². The molecule has 0 bridgehead atoms. The molecule has 2 aromatic heterocycles. The van der Waals surface area contributed by atoms with Crippen molar-refractivity contribution in [2.45, 2.75) is 71.9 Å². The molecule has 1 aliphatic carbocycles. The zero-order valence-electron chi connectivity index (χ0n) is 32.5. The third-order valence-corrected chi connectivity index (χ3v) is 8.34. The molecule has 3 N–H and O–H groups in total. The lowest BCUT2D eigenvalue weighted by Gasteiger charge is -2.21. The lowest BCUT2D eigenvalue weighted by atomic mass is 9.98. The minimum atomic E-state index is -1.19. The number of amides is 1. The highest BCUT2D eigenvalue weighted by Gasteiger charge is 2.29. The zero-order valence-corrected chi connectivity index (χ0v) is 32.5. The zero-order chi connectivity index (χ0) is 41.0. The van der Waals surface area contributed by atoms with Crippen molar-refractivity contribution >= 4 is 29.6 Å². The first kappa shape index (κ1) is 41.8. The number of halogens is 1. The van der Waals surface area contributed by atoms with Gasteiger partial charge >= 0.3 is 24.0 Å². The molecule has 304 valence electrons. The van der Waals surface area contributed by atoms with Crippen LogP contribution in [0.1, 0.15) is 82.8 Å². The number of hydrogen-bond donors (Lipinski definition) is 3. The second-order valence-electron chi connectivity index (χ2n) is 14.3. The van der Waals surface area contributed by atoms with E-state index in [4.69, 9.17) is 33.8 Å². The summed E-state index contributed by atoms with van der Waals surface area (Å²) in [6.45, 7) is 6.39. The van der Waals surface area contributed by atoms with Gasteiger partial charge in [-0.25, -0.2) is 23.9 Å². The molecule has 0 aliphatic heterocycles. The number of anilines is 1. The highest BCUT2D eigenvalue weighted by molar-refractivity contribution is 6.04. The minimum absolute atomic E-state index is 0.0219. The standard InChI is InChI=1S/C39H47FN8O9/c1-24(49)53-18-19-54-30-21-28(52-5)20-29(32(30)40)33(44-26-14-12-25(13-15-26)34(41)45-38(51)56-23-39(2,3)4)35-46-37(48(47-35)36-42-16-9-17-43-36)55-22-31(50)57-27-10-7-6-8-11-27/h9,12-17,20-21,27,33,44H,6-8,10-11,18-19,22-23H2,1-5H3,(H2,41,45,51). The summed E-state index contributed by atoms with van der Waals surface area (Å²) in [7, 11) is 1.40. The molecule has 4 aromatic rings. The van der Waals surface area contributed by atoms with Crippen molar-refractivity contribution in [3.8, 4) is 23.5 Å². The van der Waals surface area contributed by atoms with Crippen LogP contribution in [0.2, 0.25) is 0 Å². The number of nitrogens with zero attached hydrogens (tertiary/aromatic N) is 5. The summed E-state index contributed by atoms with van der Waals surface area (Å²) >= 11 is 0. The molecule has 0 spiro atoms. The van der Waals surface area contributed by atoms with Crippen molar-refractivity contribution in [2.75, 3.05) is 38.9 Å². The molecule has 1 unspecified atom stereocenters. The summed E-state index contributed by atoms with van der Waals surface area (Å²) in [5.74, 6) is -2.06. The average Bonchev–Trinajstić information content (AvgIpc) is 3.62. The Hall–Kier alpha value is -6.33. The lowest BCUT2D eigenvalue weighted by Crippen LogP contribution is -2.33. The maximum Gasteiger partial charge on any atom is 0.412 e. The molecule has 0 radical (unpaired) electrons. The van der Waals surface area contributed by atoms with Crippen LogP contribution in [0.4, 0.5) is 14.9 Å². The first-order valence-corrected chi connectivity index (χ1v) is 18.4. The number of aromatic nitrogens is 5. The van der Waals surface area contributed by atoms with Crippen LogP contribution >= 0.6 is 0 Å². The van der Waals surface area contributed by atoms with E-state index in [0.29, 0.717) is 11.3 Å². The van der Waals surface area contributed by atoms with Gasteiger partial charge in [-0.2, -0.15) is 4.98 Å². The SMILES string of the molecule is COc1cc(OCCOC(C)=O)c(F)c(C(Nc2ccc(C(=N)NC(=O)OCC(C)(C)C)cc2)c2nc(OCC(=O)OC3CCCCC3)n(-c3ncccn3)n2)c1. The Kier molecular flexibility index (Phi) is 14.3. The molecule has 1 fully saturated rings. The van der Waals surface area contributed by atoms with E-state index in [1.807, 2.05) is 20.8 Å². The average molecular weight is 791 g/mol. The summed E-state index contributed by atoms with van der Waals surface area (Å²) in [6.07, 6.45) is 6.63. The van der Waals surface area contributed by atoms with E-state index in [9.17, 15) is 14.4 Å². The first-order valence-electron chi connectivity index (χ1n) is 18.4. The van der Waals surface area contributed by atoms with Crippen molar-refractivity contribution in [1.82, 2.24) is 30.0 Å². The smallest absolute Gasteiger partial charge is 0.412 e. The summed E-state index contributed by atoms with van der Waals surface area (Å²) in [5, 5.41) is 18.7. The van der Waals surface area contributed by atoms with Crippen molar-refractivity contribution in [2.24, 2.45) is 5.41 Å². The van der Waals surface area contributed by atoms with E-state index in [-0.39, 0.29) is 72.0 Å². The number of esters is 2. The highest BCUT2D eigenvalue weighted by Crippen LogP contribution is 2.36. The maximum atomic E-state index is 16.6. The van der Waals surface area contributed by atoms with Gasteiger partial charge in [0.25, 0.3) is 5.95 Å². The molecule has 2 heterocycles. The largest absolute Gasteiger partial charge is 0.497 e. The topological polar surface area (TPSA) is 211 Å². The predicted octanol–water partition coefficient (Wildman–Crippen LogP) is 5.70. The van der Waals surface area contributed by atoms with Gasteiger partial charge in [0.05, 0.1) is 13.7 Å². The van der Waals surface area contributed by atoms with Crippen molar-refractivity contribution in [3.05, 3.63) is 77.6 Å². The molecule has 5 rings (SSSR count). The Balaban J connectivity index is 1.48. The summed E-state index contributed by atoms with van der Waals surface area (Å²) < 4.78 is 50.6. The highest BCUT2D eigenvalue weighted by atomic mass is 19.1. The second-order valence-corrected chi connectivity index (χ2v) is 14.3. The maximum absolute atomic E-state index is 16.6. The van der Waals surface area contributed by atoms with E-state index in [0.717, 1.165) is 32.1 Å². The Morgan fingerprint density at radius 3 is 2.39 bits per heavy atom. The van der Waals surface area contributed by atoms with Crippen molar-refractivity contribution in [1.29, 1.82) is 5.41 Å². The minimum Gasteiger partial charge on any atom is -0.497 e. The van der Waals surface area contributed by atoms with Gasteiger partial charge in [0.1, 0.15) is 36.9 Å². The third-order valence-electron chi connectivity index (χ3n) is 8.34. The molecule has 18 heteroatoms. The molecule has 57 heavy (non-hydrogen) atoms. The second kappa shape index (κ2) is 19.5. The summed E-state index contributed by atoms with van der Waals surface area (Å²) in [6, 6.07) is 9.42. The van der Waals surface area contributed by atoms with E-state index in [1.54, 1.807) is 30.3 Å². The monoisotopic (exact) mass is 790 g/mol. The Morgan fingerprint density at radius 2 is 1.72 bits per heavy atom. The molecule has 0 saturated heterocycles. The quantitative estimate of drug-likeness (QED) is 0.0409. The van der Waals surface area contributed by atoms with Crippen LogP contribution in [0.5, 0.6) is 17.5 Å². The van der Waals surface area contributed by atoms with Gasteiger partial charge in [-0.1, -0.05) is 27.2 Å². The molecule has 1 amide bonds. The Morgan fingerprint density at radius 1 is 1.00 bits per heavy atom. The Bertz CT molecular complexity index is 2000. The molecule has 1 saturated carbocycles. The van der Waals surface area contributed by atoms with Crippen molar-refractivity contribution in [3.63, 3.8) is 0 Å². The summed E-state index contributed by atoms with van der Waals surface area (Å²) in [5.41, 5.74) is 0.512. The lowest BCUT2D eigenvalue weighted by molar-refractivity contribution is -0.153. The number of carbonyl (C=O) groups is 3. The van der Waals surface area contributed by atoms with Crippen LogP contribution in [0.3, 0.4) is 0 Å². The van der Waals surface area contributed by atoms with E-state index >= 15 is 4.39 Å². The molecule has 17 nitrogen and oxygen atoms in total. The molecular formula is C39H47FN8O9. The van der Waals surface area contributed by atoms with Crippen LogP contribution in [-0.2, 0) is 23.8 Å². The molecule has 1 atom stereocenters. The fourth-order valence-electron chi connectivity index (χ4n) is 5.62. The van der Waals surface area contributed by atoms with Crippen LogP contribution in [0, 0.1) is 16.6 Å². The fraction of sp³-hybridized carbons (Fsp3) is 0.436. The van der Waals surface area contributed by atoms with Crippen LogP contribution in [0.15, 0.2) is 54.9 Å². The van der Waals surface area contributed by atoms with Crippen LogP contribution in [0.25, 0.3) is 5.95 Å². The number of benzene rings is 2. The van der Waals surface area contributed by atoms with Crippen molar-refractivity contribution < 1.29 is 47.2 Å². The number of hydrogen-bond acceptors (Lipinski definition) is 15. The van der Waals surface area contributed by atoms with Gasteiger partial charge in [-0.3, -0.25) is 15.5 Å². The van der Waals surface area contributed by atoms with Gasteiger partial charge in [0.2, 0.25) is 0 Å². The van der Waals surface area contributed by atoms with E-state index in [2.05, 4.69) is 30.7 Å². The van der Waals surface area contributed by atoms with Gasteiger partial charge in [-0.15, -0.1) is 9.78 Å². The van der Waals surface area contributed by atoms with E-state index in [1.165, 1.54) is 43.2 Å². The van der Waals surface area contributed by atoms with Crippen LogP contribution < -0.4 is 24.8 Å². The Labute approximate surface area is 329 Å². The number of amidine groups is 1. The predicted molar refractivity (Wildman–Crippen MR) is 203 cm³/mol. The van der Waals surface area contributed by atoms with Gasteiger partial charge in [0, 0.05) is 42.2 Å². The number of ether oxygens (including phenoxy) is 6. The summed E-state index contributed by atoms with van der Waals surface area (Å²) in [4.78, 5) is 49.6. The van der Waals surface area contributed by atoms with Gasteiger partial charge in [-0.05, 0) is 67.5 Å².